The van der Waals surface area contributed by atoms with E-state index in [9.17, 15) is 9.59 Å². The molecule has 0 spiro atoms. The number of amides is 2. The van der Waals surface area contributed by atoms with Crippen LogP contribution in [0.3, 0.4) is 0 Å². The van der Waals surface area contributed by atoms with E-state index < -0.39 is 12.1 Å². The molecule has 8 heteroatoms. The van der Waals surface area contributed by atoms with Crippen LogP contribution in [0.1, 0.15) is 155 Å². The van der Waals surface area contributed by atoms with Crippen molar-refractivity contribution in [2.75, 3.05) is 19.7 Å². The normalized spacial score (nSPS) is 11.6. The maximum Gasteiger partial charge on any atom is 0.407 e. The average molecular weight is 554 g/mol. The summed E-state index contributed by atoms with van der Waals surface area (Å²) >= 11 is 0. The number of nitrogens with one attached hydrogen (secondary N) is 4. The summed E-state index contributed by atoms with van der Waals surface area (Å²) < 4.78 is 5.36. The van der Waals surface area contributed by atoms with Crippen molar-refractivity contribution < 1.29 is 14.3 Å². The molecular formula is C31H63N5O3. The van der Waals surface area contributed by atoms with Crippen molar-refractivity contribution in [3.63, 3.8) is 0 Å². The van der Waals surface area contributed by atoms with Crippen LogP contribution in [0.5, 0.6) is 0 Å². The second-order valence-electron chi connectivity index (χ2n) is 11.0. The van der Waals surface area contributed by atoms with Crippen LogP contribution in [0.25, 0.3) is 0 Å². The number of carbonyl (C=O) groups is 2. The van der Waals surface area contributed by atoms with Gasteiger partial charge in [-0.05, 0) is 25.7 Å². The van der Waals surface area contributed by atoms with Gasteiger partial charge in [-0.15, -0.1) is 0 Å². The zero-order valence-corrected chi connectivity index (χ0v) is 25.6. The van der Waals surface area contributed by atoms with E-state index in [1.165, 1.54) is 103 Å². The quantitative estimate of drug-likeness (QED) is 0.0394. The third kappa shape index (κ3) is 27.4. The fourth-order valence-electron chi connectivity index (χ4n) is 4.68. The van der Waals surface area contributed by atoms with Crippen LogP contribution < -0.4 is 21.7 Å². The number of carbonyl (C=O) groups excluding carboxylic acids is 2. The zero-order chi connectivity index (χ0) is 28.8. The number of nitrogens with two attached hydrogens (primary N) is 1. The first-order valence-electron chi connectivity index (χ1n) is 16.3. The predicted molar refractivity (Wildman–Crippen MR) is 164 cm³/mol. The molecule has 39 heavy (non-hydrogen) atoms. The Balaban J connectivity index is 3.97. The number of hydrogen-bond donors (Lipinski definition) is 5. The summed E-state index contributed by atoms with van der Waals surface area (Å²) in [4.78, 5) is 25.0. The molecule has 0 saturated heterocycles. The molecule has 0 bridgehead atoms. The highest BCUT2D eigenvalue weighted by Crippen LogP contribution is 2.13. The van der Waals surface area contributed by atoms with E-state index in [1.807, 2.05) is 0 Å². The maximum absolute atomic E-state index is 12.7. The van der Waals surface area contributed by atoms with Gasteiger partial charge in [0, 0.05) is 13.1 Å². The molecule has 230 valence electrons. The lowest BCUT2D eigenvalue weighted by Gasteiger charge is -2.18. The summed E-state index contributed by atoms with van der Waals surface area (Å²) in [6, 6.07) is -0.650. The van der Waals surface area contributed by atoms with Gasteiger partial charge in [0.15, 0.2) is 5.96 Å². The molecule has 0 aromatic rings. The van der Waals surface area contributed by atoms with Gasteiger partial charge in [0.25, 0.3) is 0 Å². The predicted octanol–water partition coefficient (Wildman–Crippen LogP) is 7.30. The van der Waals surface area contributed by atoms with Gasteiger partial charge in [-0.1, -0.05) is 129 Å². The summed E-state index contributed by atoms with van der Waals surface area (Å²) in [5.74, 6) is -0.278. The Morgan fingerprint density at radius 1 is 0.641 bits per heavy atom. The van der Waals surface area contributed by atoms with Gasteiger partial charge in [-0.3, -0.25) is 10.2 Å². The van der Waals surface area contributed by atoms with Crippen molar-refractivity contribution in [2.45, 2.75) is 161 Å². The van der Waals surface area contributed by atoms with E-state index in [1.54, 1.807) is 0 Å². The Morgan fingerprint density at radius 3 is 1.56 bits per heavy atom. The molecule has 0 rings (SSSR count). The molecule has 0 aliphatic carbocycles. The largest absolute Gasteiger partial charge is 0.450 e. The van der Waals surface area contributed by atoms with Crippen molar-refractivity contribution in [3.8, 4) is 0 Å². The molecule has 0 radical (unpaired) electrons. The van der Waals surface area contributed by atoms with E-state index in [0.29, 0.717) is 32.5 Å². The number of rotatable bonds is 28. The molecule has 2 amide bonds. The number of hydrogen-bond acceptors (Lipinski definition) is 4. The minimum Gasteiger partial charge on any atom is -0.450 e. The number of unbranched alkanes of at least 4 members (excludes halogenated alkanes) is 18. The zero-order valence-electron chi connectivity index (χ0n) is 25.6. The van der Waals surface area contributed by atoms with E-state index in [-0.39, 0.29) is 11.9 Å². The molecule has 6 N–H and O–H groups in total. The molecule has 0 fully saturated rings. The molecule has 0 saturated carbocycles. The lowest BCUT2D eigenvalue weighted by atomic mass is 10.0. The summed E-state index contributed by atoms with van der Waals surface area (Å²) in [7, 11) is 0. The molecule has 0 heterocycles. The monoisotopic (exact) mass is 553 g/mol. The second-order valence-corrected chi connectivity index (χ2v) is 11.0. The van der Waals surface area contributed by atoms with Crippen LogP contribution in [-0.2, 0) is 9.53 Å². The number of ether oxygens (including phenoxy) is 1. The molecule has 8 nitrogen and oxygen atoms in total. The first-order valence-corrected chi connectivity index (χ1v) is 16.3. The van der Waals surface area contributed by atoms with Crippen LogP contribution in [0.2, 0.25) is 0 Å². The van der Waals surface area contributed by atoms with Crippen LogP contribution in [0.15, 0.2) is 0 Å². The van der Waals surface area contributed by atoms with Crippen LogP contribution in [0, 0.1) is 5.41 Å². The Kier molecular flexibility index (Phi) is 27.5. The average Bonchev–Trinajstić information content (AvgIpc) is 2.91. The maximum atomic E-state index is 12.7. The lowest BCUT2D eigenvalue weighted by Crippen LogP contribution is -2.47. The fraction of sp³-hybridized carbons (Fsp3) is 0.903. The molecular weight excluding hydrogens is 490 g/mol. The third-order valence-electron chi connectivity index (χ3n) is 7.15. The van der Waals surface area contributed by atoms with Gasteiger partial charge >= 0.3 is 6.09 Å². The second kappa shape index (κ2) is 29.0. The van der Waals surface area contributed by atoms with Crippen molar-refractivity contribution in [1.29, 1.82) is 5.41 Å². The van der Waals surface area contributed by atoms with Gasteiger partial charge in [0.05, 0.1) is 6.61 Å². The van der Waals surface area contributed by atoms with Crippen molar-refractivity contribution in [1.82, 2.24) is 16.0 Å². The van der Waals surface area contributed by atoms with E-state index in [2.05, 4.69) is 29.8 Å². The molecule has 0 aliphatic rings. The highest BCUT2D eigenvalue weighted by Gasteiger charge is 2.20. The van der Waals surface area contributed by atoms with Crippen LogP contribution in [0.4, 0.5) is 4.79 Å². The van der Waals surface area contributed by atoms with Crippen molar-refractivity contribution in [3.05, 3.63) is 0 Å². The van der Waals surface area contributed by atoms with E-state index in [0.717, 1.165) is 25.7 Å². The summed E-state index contributed by atoms with van der Waals surface area (Å²) in [6.07, 6.45) is 25.5. The van der Waals surface area contributed by atoms with E-state index >= 15 is 0 Å². The van der Waals surface area contributed by atoms with Gasteiger partial charge in [-0.25, -0.2) is 4.79 Å². The summed E-state index contributed by atoms with van der Waals surface area (Å²) in [6.45, 7) is 5.93. The molecule has 0 unspecified atom stereocenters. The topological polar surface area (TPSA) is 129 Å². The molecule has 1 atom stereocenters. The fourth-order valence-corrected chi connectivity index (χ4v) is 4.68. The first-order chi connectivity index (χ1) is 19.0. The number of alkyl carbamates (subject to hydrolysis) is 1. The van der Waals surface area contributed by atoms with Crippen LogP contribution >= 0.6 is 0 Å². The Hall–Kier alpha value is -1.99. The van der Waals surface area contributed by atoms with Gasteiger partial charge in [0.1, 0.15) is 6.04 Å². The van der Waals surface area contributed by atoms with Crippen molar-refractivity contribution >= 4 is 18.0 Å². The standard InChI is InChI=1S/C31H63N5O3/c1-3-5-7-9-11-12-13-14-15-16-17-18-20-22-27-39-31(38)36-28(24-23-26-35-30(32)33)29(37)34-25-21-19-10-8-6-4-2/h28H,3-27H2,1-2H3,(H,34,37)(H,36,38)(H4,32,33,35)/t28-/m0/s1. The van der Waals surface area contributed by atoms with Crippen molar-refractivity contribution in [2.24, 2.45) is 5.73 Å². The number of guanidine groups is 1. The van der Waals surface area contributed by atoms with Gasteiger partial charge in [-0.2, -0.15) is 0 Å². The third-order valence-corrected chi connectivity index (χ3v) is 7.15. The minimum absolute atomic E-state index is 0.0976. The van der Waals surface area contributed by atoms with Gasteiger partial charge < -0.3 is 26.4 Å². The molecule has 0 aromatic heterocycles. The Labute approximate surface area is 240 Å². The summed E-state index contributed by atoms with van der Waals surface area (Å²) in [5, 5.41) is 15.7. The Morgan fingerprint density at radius 2 is 1.08 bits per heavy atom. The Bertz CT molecular complexity index is 589. The highest BCUT2D eigenvalue weighted by molar-refractivity contribution is 5.85. The lowest BCUT2D eigenvalue weighted by molar-refractivity contribution is -0.123. The smallest absolute Gasteiger partial charge is 0.407 e. The van der Waals surface area contributed by atoms with Crippen LogP contribution in [-0.4, -0.2) is 43.7 Å². The highest BCUT2D eigenvalue weighted by atomic mass is 16.5. The first kappa shape index (κ1) is 37.0. The van der Waals surface area contributed by atoms with Gasteiger partial charge in [0.2, 0.25) is 5.91 Å². The SMILES string of the molecule is CCCCCCCCCCCCCCCCOC(=O)N[C@@H](CCCNC(=N)N)C(=O)NCCCCCCCC. The molecule has 0 aromatic carbocycles. The van der Waals surface area contributed by atoms with E-state index in [4.69, 9.17) is 15.9 Å². The molecule has 0 aliphatic heterocycles. The summed E-state index contributed by atoms with van der Waals surface area (Å²) in [5.41, 5.74) is 5.33. The minimum atomic E-state index is -0.650.